The molecule has 0 saturated heterocycles. The third-order valence-corrected chi connectivity index (χ3v) is 0.803. The topological polar surface area (TPSA) is 0 Å². The van der Waals surface area contributed by atoms with Crippen LogP contribution in [-0.4, -0.2) is 0 Å². The Morgan fingerprint density at radius 1 is 1.00 bits per heavy atom. The first-order chi connectivity index (χ1) is 5.04. The highest BCUT2D eigenvalue weighted by Gasteiger charge is 1.91. The van der Waals surface area contributed by atoms with Crippen molar-refractivity contribution in [3.05, 3.63) is 23.3 Å². The molecule has 0 radical (unpaired) electrons. The van der Waals surface area contributed by atoms with Gasteiger partial charge in [0.25, 0.3) is 0 Å². The van der Waals surface area contributed by atoms with Gasteiger partial charge in [-0.2, -0.15) is 0 Å². The van der Waals surface area contributed by atoms with Gasteiger partial charge >= 0.3 is 0 Å². The van der Waals surface area contributed by atoms with Gasteiger partial charge in [0.05, 0.1) is 5.83 Å². The second-order valence-corrected chi connectivity index (χ2v) is 2.08. The van der Waals surface area contributed by atoms with Crippen molar-refractivity contribution in [2.75, 3.05) is 0 Å². The average molecular weight is 162 g/mol. The minimum absolute atomic E-state index is 0.491. The highest BCUT2D eigenvalue weighted by Crippen LogP contribution is 2.09. The molecular formula is C9H16F2. The molecule has 0 aromatic heterocycles. The first-order valence-corrected chi connectivity index (χ1v) is 3.71. The predicted octanol–water partition coefficient (Wildman–Crippen LogP) is 4.15. The van der Waals surface area contributed by atoms with Crippen LogP contribution in [0, 0.1) is 0 Å². The molecule has 0 rings (SSSR count). The summed E-state index contributed by atoms with van der Waals surface area (Å²) in [5.74, 6) is -0.997. The van der Waals surface area contributed by atoms with Crippen LogP contribution < -0.4 is 0 Å². The Balaban J connectivity index is 0. The van der Waals surface area contributed by atoms with E-state index >= 15 is 0 Å². The number of rotatable bonds is 1. The fraction of sp³-hybridized carbons (Fsp3) is 0.556. The van der Waals surface area contributed by atoms with Gasteiger partial charge in [-0.3, -0.25) is 0 Å². The van der Waals surface area contributed by atoms with Gasteiger partial charge in [-0.1, -0.05) is 13.8 Å². The van der Waals surface area contributed by atoms with Crippen LogP contribution in [0.15, 0.2) is 23.3 Å². The molecule has 0 bridgehead atoms. The van der Waals surface area contributed by atoms with E-state index in [-0.39, 0.29) is 0 Å². The van der Waals surface area contributed by atoms with E-state index in [1.165, 1.54) is 6.92 Å². The SMILES string of the molecule is CC.CC(C)=C(F)/C=C(\C)F. The Bertz CT molecular complexity index is 147. The first-order valence-electron chi connectivity index (χ1n) is 3.71. The van der Waals surface area contributed by atoms with E-state index in [0.29, 0.717) is 5.57 Å². The van der Waals surface area contributed by atoms with Crippen LogP contribution in [0.3, 0.4) is 0 Å². The molecule has 2 heteroatoms. The zero-order valence-electron chi connectivity index (χ0n) is 7.83. The lowest BCUT2D eigenvalue weighted by Crippen LogP contribution is -1.71. The van der Waals surface area contributed by atoms with Crippen LogP contribution in [-0.2, 0) is 0 Å². The molecule has 0 heterocycles. The zero-order chi connectivity index (χ0) is 9.44. The molecule has 0 aromatic rings. The summed E-state index contributed by atoms with van der Waals surface area (Å²) < 4.78 is 24.2. The van der Waals surface area contributed by atoms with Crippen LogP contribution in [0.25, 0.3) is 0 Å². The Kier molecular flexibility index (Phi) is 8.78. The van der Waals surface area contributed by atoms with E-state index in [2.05, 4.69) is 0 Å². The van der Waals surface area contributed by atoms with E-state index in [0.717, 1.165) is 6.08 Å². The van der Waals surface area contributed by atoms with Crippen molar-refractivity contribution in [1.29, 1.82) is 0 Å². The van der Waals surface area contributed by atoms with E-state index < -0.39 is 11.7 Å². The maximum Gasteiger partial charge on any atom is 0.124 e. The summed E-state index contributed by atoms with van der Waals surface area (Å²) in [6, 6.07) is 0. The predicted molar refractivity (Wildman–Crippen MR) is 45.7 cm³/mol. The molecule has 0 amide bonds. The van der Waals surface area contributed by atoms with Gasteiger partial charge in [0.1, 0.15) is 5.83 Å². The molecule has 0 aliphatic rings. The maximum atomic E-state index is 12.3. The summed E-state index contributed by atoms with van der Waals surface area (Å²) in [4.78, 5) is 0. The maximum absolute atomic E-state index is 12.3. The normalized spacial score (nSPS) is 9.91. The van der Waals surface area contributed by atoms with Gasteiger partial charge in [0.15, 0.2) is 0 Å². The van der Waals surface area contributed by atoms with Crippen molar-refractivity contribution in [1.82, 2.24) is 0 Å². The summed E-state index contributed by atoms with van der Waals surface area (Å²) in [5.41, 5.74) is 0.493. The molecule has 0 aromatic carbocycles. The van der Waals surface area contributed by atoms with Gasteiger partial charge in [0.2, 0.25) is 0 Å². The van der Waals surface area contributed by atoms with Crippen molar-refractivity contribution >= 4 is 0 Å². The zero-order valence-corrected chi connectivity index (χ0v) is 7.83. The average Bonchev–Trinajstić information content (AvgIpc) is 1.90. The Morgan fingerprint density at radius 2 is 1.36 bits per heavy atom. The third kappa shape index (κ3) is 9.34. The standard InChI is InChI=1S/C7H10F2.C2H6/c1-5(2)7(9)4-6(3)8;1-2/h4H,1-3H3;1-2H3/b6-4+;. The molecule has 0 aliphatic carbocycles. The summed E-state index contributed by atoms with van der Waals surface area (Å²) in [6.07, 6.45) is 0.870. The Hall–Kier alpha value is -0.660. The molecule has 0 atom stereocenters. The quantitative estimate of drug-likeness (QED) is 0.508. The van der Waals surface area contributed by atoms with Gasteiger partial charge < -0.3 is 0 Å². The number of hydrogen-bond acceptors (Lipinski definition) is 0. The van der Waals surface area contributed by atoms with Gasteiger partial charge in [0, 0.05) is 6.08 Å². The second-order valence-electron chi connectivity index (χ2n) is 2.08. The first kappa shape index (κ1) is 13.0. The molecule has 0 nitrogen and oxygen atoms in total. The lowest BCUT2D eigenvalue weighted by molar-refractivity contribution is 0.609. The van der Waals surface area contributed by atoms with Crippen LogP contribution in [0.2, 0.25) is 0 Å². The lowest BCUT2D eigenvalue weighted by atomic mass is 10.3. The van der Waals surface area contributed by atoms with Crippen LogP contribution in [0.4, 0.5) is 8.78 Å². The van der Waals surface area contributed by atoms with Crippen LogP contribution in [0.1, 0.15) is 34.6 Å². The molecule has 0 saturated carbocycles. The van der Waals surface area contributed by atoms with E-state index in [4.69, 9.17) is 0 Å². The van der Waals surface area contributed by atoms with Crippen molar-refractivity contribution in [2.45, 2.75) is 34.6 Å². The lowest BCUT2D eigenvalue weighted by Gasteiger charge is -1.89. The van der Waals surface area contributed by atoms with Crippen LogP contribution in [0.5, 0.6) is 0 Å². The highest BCUT2D eigenvalue weighted by atomic mass is 19.1. The smallest absolute Gasteiger partial charge is 0.124 e. The number of halogens is 2. The van der Waals surface area contributed by atoms with Crippen molar-refractivity contribution in [2.24, 2.45) is 0 Å². The van der Waals surface area contributed by atoms with Crippen molar-refractivity contribution < 1.29 is 8.78 Å². The van der Waals surface area contributed by atoms with E-state index in [9.17, 15) is 8.78 Å². The molecule has 0 spiro atoms. The number of allylic oxidation sites excluding steroid dienone is 4. The Morgan fingerprint density at radius 3 is 1.45 bits per heavy atom. The second kappa shape index (κ2) is 7.45. The molecular weight excluding hydrogens is 146 g/mol. The number of hydrogen-bond donors (Lipinski definition) is 0. The van der Waals surface area contributed by atoms with E-state index in [1.807, 2.05) is 13.8 Å². The minimum Gasteiger partial charge on any atom is -0.212 e. The molecule has 11 heavy (non-hydrogen) atoms. The molecule has 0 fully saturated rings. The summed E-state index contributed by atoms with van der Waals surface area (Å²) >= 11 is 0. The summed E-state index contributed by atoms with van der Waals surface area (Å²) in [5, 5.41) is 0. The van der Waals surface area contributed by atoms with Gasteiger partial charge in [-0.15, -0.1) is 0 Å². The van der Waals surface area contributed by atoms with E-state index in [1.54, 1.807) is 13.8 Å². The molecule has 0 N–H and O–H groups in total. The third-order valence-electron chi connectivity index (χ3n) is 0.803. The van der Waals surface area contributed by atoms with Gasteiger partial charge in [-0.25, -0.2) is 8.78 Å². The van der Waals surface area contributed by atoms with Crippen molar-refractivity contribution in [3.8, 4) is 0 Å². The molecule has 0 unspecified atom stereocenters. The monoisotopic (exact) mass is 162 g/mol. The fourth-order valence-electron chi connectivity index (χ4n) is 0.319. The fourth-order valence-corrected chi connectivity index (χ4v) is 0.319. The van der Waals surface area contributed by atoms with Gasteiger partial charge in [-0.05, 0) is 26.3 Å². The molecule has 66 valence electrons. The molecule has 0 aliphatic heterocycles. The van der Waals surface area contributed by atoms with Crippen molar-refractivity contribution in [3.63, 3.8) is 0 Å². The summed E-state index contributed by atoms with van der Waals surface area (Å²) in [6.45, 7) is 8.39. The van der Waals surface area contributed by atoms with Crippen LogP contribution >= 0.6 is 0 Å². The Labute approximate surface area is 67.6 Å². The highest BCUT2D eigenvalue weighted by molar-refractivity contribution is 5.17. The largest absolute Gasteiger partial charge is 0.212 e. The summed E-state index contributed by atoms with van der Waals surface area (Å²) in [7, 11) is 0. The minimum atomic E-state index is -0.506.